The van der Waals surface area contributed by atoms with E-state index in [-0.39, 0.29) is 30.0 Å². The van der Waals surface area contributed by atoms with Crippen molar-refractivity contribution in [3.8, 4) is 5.75 Å². The summed E-state index contributed by atoms with van der Waals surface area (Å²) in [7, 11) is 0. The van der Waals surface area contributed by atoms with Gasteiger partial charge in [0.1, 0.15) is 35.0 Å². The van der Waals surface area contributed by atoms with E-state index in [2.05, 4.69) is 16.8 Å². The summed E-state index contributed by atoms with van der Waals surface area (Å²) in [6.07, 6.45) is 2.55. The summed E-state index contributed by atoms with van der Waals surface area (Å²) in [5.74, 6) is -1.77. The number of nitrogens with zero attached hydrogens (tertiary/aromatic N) is 2. The van der Waals surface area contributed by atoms with E-state index < -0.39 is 29.2 Å². The van der Waals surface area contributed by atoms with Crippen LogP contribution < -0.4 is 4.74 Å². The Balaban J connectivity index is 1.52. The molecule has 0 unspecified atom stereocenters. The number of halogens is 4. The predicted octanol–water partition coefficient (Wildman–Crippen LogP) is 6.53. The normalized spacial score (nSPS) is 21.3. The Hall–Kier alpha value is -2.58. The number of likely N-dealkylation sites (tertiary alicyclic amines) is 1. The third-order valence-electron chi connectivity index (χ3n) is 7.52. The molecule has 8 heteroatoms. The maximum Gasteiger partial charge on any atom is 0.135 e. The lowest BCUT2D eigenvalue weighted by Crippen LogP contribution is -2.53. The molecule has 5 rings (SSSR count). The highest BCUT2D eigenvalue weighted by Gasteiger charge is 2.41. The minimum absolute atomic E-state index is 0.0388. The highest BCUT2D eigenvalue weighted by molar-refractivity contribution is 5.86. The zero-order valence-corrected chi connectivity index (χ0v) is 21.9. The topological polar surface area (TPSA) is 31.5 Å². The molecule has 2 atom stereocenters. The molecule has 3 aromatic rings. The van der Waals surface area contributed by atoms with E-state index >= 15 is 8.78 Å². The number of nitrogens with one attached hydrogen (secondary N) is 1. The highest BCUT2D eigenvalue weighted by atomic mass is 19.1. The summed E-state index contributed by atoms with van der Waals surface area (Å²) in [6, 6.07) is 5.94. The average molecular weight is 518 g/mol. The third kappa shape index (κ3) is 5.10. The first-order valence-electron chi connectivity index (χ1n) is 13.2. The Morgan fingerprint density at radius 1 is 1.08 bits per heavy atom. The number of rotatable bonds is 8. The van der Waals surface area contributed by atoms with Crippen molar-refractivity contribution in [2.75, 3.05) is 26.2 Å². The second-order valence-electron chi connectivity index (χ2n) is 11.2. The average Bonchev–Trinajstić information content (AvgIpc) is 3.15. The fourth-order valence-electron chi connectivity index (χ4n) is 5.80. The first-order chi connectivity index (χ1) is 17.6. The van der Waals surface area contributed by atoms with E-state index in [0.29, 0.717) is 28.6 Å². The van der Waals surface area contributed by atoms with E-state index in [1.54, 1.807) is 17.0 Å². The number of aromatic amines is 1. The van der Waals surface area contributed by atoms with Crippen LogP contribution in [0, 0.1) is 17.5 Å². The standard InChI is InChI=1S/C29H35F4N3O/c1-5-6-10-35-14-19(15-35)37-18-12-22(31)26(23(32)13-18)28-27-20(11-17(2)36(28)16-29(3,4)33)25-21(30)8-7-9-24(25)34-27/h7-9,12-13,17,19,28,34H,5-6,10-11,14-16H2,1-4H3/t17-,28-/m1/s1. The predicted molar refractivity (Wildman–Crippen MR) is 137 cm³/mol. The maximum atomic E-state index is 15.7. The molecular weight excluding hydrogens is 482 g/mol. The minimum atomic E-state index is -1.61. The molecule has 1 saturated heterocycles. The van der Waals surface area contributed by atoms with E-state index in [1.165, 1.54) is 32.0 Å². The molecule has 0 bridgehead atoms. The van der Waals surface area contributed by atoms with Crippen LogP contribution in [-0.4, -0.2) is 58.8 Å². The minimum Gasteiger partial charge on any atom is -0.488 e. The van der Waals surface area contributed by atoms with Crippen LogP contribution in [0.3, 0.4) is 0 Å². The summed E-state index contributed by atoms with van der Waals surface area (Å²) in [5.41, 5.74) is -0.0548. The fourth-order valence-corrected chi connectivity index (χ4v) is 5.80. The molecular formula is C29H35F4N3O. The molecule has 0 radical (unpaired) electrons. The first kappa shape index (κ1) is 26.0. The summed E-state index contributed by atoms with van der Waals surface area (Å²) >= 11 is 0. The fraction of sp³-hybridized carbons (Fsp3) is 0.517. The van der Waals surface area contributed by atoms with Crippen molar-refractivity contribution in [3.05, 3.63) is 64.6 Å². The highest BCUT2D eigenvalue weighted by Crippen LogP contribution is 2.44. The zero-order chi connectivity index (χ0) is 26.5. The Morgan fingerprint density at radius 3 is 2.43 bits per heavy atom. The van der Waals surface area contributed by atoms with Gasteiger partial charge in [-0.1, -0.05) is 19.4 Å². The van der Waals surface area contributed by atoms with Gasteiger partial charge >= 0.3 is 0 Å². The van der Waals surface area contributed by atoms with Crippen LogP contribution in [-0.2, 0) is 6.42 Å². The van der Waals surface area contributed by atoms with E-state index in [0.717, 1.165) is 32.5 Å². The SMILES string of the molecule is CCCCN1CC(Oc2cc(F)c([C@@H]3c4[nH]c5cccc(F)c5c4C[C@@H](C)N3CC(C)(C)F)c(F)c2)C1. The van der Waals surface area contributed by atoms with Crippen LogP contribution in [0.1, 0.15) is 63.4 Å². The monoisotopic (exact) mass is 517 g/mol. The van der Waals surface area contributed by atoms with Gasteiger partial charge in [0.15, 0.2) is 0 Å². The van der Waals surface area contributed by atoms with Crippen molar-refractivity contribution in [1.82, 2.24) is 14.8 Å². The summed E-state index contributed by atoms with van der Waals surface area (Å²) in [4.78, 5) is 7.24. The molecule has 0 spiro atoms. The van der Waals surface area contributed by atoms with Crippen LogP contribution in [0.15, 0.2) is 30.3 Å². The number of H-pyrrole nitrogens is 1. The summed E-state index contributed by atoms with van der Waals surface area (Å²) in [6.45, 7) is 9.33. The van der Waals surface area contributed by atoms with Crippen molar-refractivity contribution in [2.24, 2.45) is 0 Å². The van der Waals surface area contributed by atoms with Gasteiger partial charge < -0.3 is 9.72 Å². The van der Waals surface area contributed by atoms with Gasteiger partial charge in [-0.15, -0.1) is 0 Å². The summed E-state index contributed by atoms with van der Waals surface area (Å²) < 4.78 is 67.1. The lowest BCUT2D eigenvalue weighted by Gasteiger charge is -2.43. The molecule has 0 amide bonds. The number of ether oxygens (including phenoxy) is 1. The van der Waals surface area contributed by atoms with E-state index in [4.69, 9.17) is 4.74 Å². The van der Waals surface area contributed by atoms with Crippen molar-refractivity contribution in [2.45, 2.75) is 70.8 Å². The molecule has 2 aliphatic heterocycles. The smallest absolute Gasteiger partial charge is 0.135 e. The van der Waals surface area contributed by atoms with Crippen LogP contribution in [0.25, 0.3) is 10.9 Å². The van der Waals surface area contributed by atoms with Crippen LogP contribution in [0.5, 0.6) is 5.75 Å². The molecule has 200 valence electrons. The number of unbranched alkanes of at least 4 members (excludes halogenated alkanes) is 1. The molecule has 1 aromatic heterocycles. The van der Waals surface area contributed by atoms with E-state index in [1.807, 2.05) is 6.92 Å². The molecule has 1 N–H and O–H groups in total. The number of fused-ring (bicyclic) bond motifs is 3. The van der Waals surface area contributed by atoms with Gasteiger partial charge in [0, 0.05) is 60.0 Å². The Bertz CT molecular complexity index is 1260. The van der Waals surface area contributed by atoms with Gasteiger partial charge in [-0.2, -0.15) is 0 Å². The molecule has 2 aliphatic rings. The molecule has 37 heavy (non-hydrogen) atoms. The number of benzene rings is 2. The number of hydrogen-bond donors (Lipinski definition) is 1. The van der Waals surface area contributed by atoms with Gasteiger partial charge in [-0.25, -0.2) is 17.6 Å². The van der Waals surface area contributed by atoms with Gasteiger partial charge in [-0.05, 0) is 57.9 Å². The molecule has 2 aromatic carbocycles. The van der Waals surface area contributed by atoms with Crippen molar-refractivity contribution in [1.29, 1.82) is 0 Å². The van der Waals surface area contributed by atoms with Crippen LogP contribution in [0.4, 0.5) is 17.6 Å². The van der Waals surface area contributed by atoms with Gasteiger partial charge in [0.2, 0.25) is 0 Å². The molecule has 0 saturated carbocycles. The first-order valence-corrected chi connectivity index (χ1v) is 13.2. The third-order valence-corrected chi connectivity index (χ3v) is 7.52. The van der Waals surface area contributed by atoms with Crippen LogP contribution >= 0.6 is 0 Å². The lowest BCUT2D eigenvalue weighted by molar-refractivity contribution is 0.0188. The lowest BCUT2D eigenvalue weighted by atomic mass is 9.87. The number of hydrogen-bond acceptors (Lipinski definition) is 3. The molecule has 4 nitrogen and oxygen atoms in total. The summed E-state index contributed by atoms with van der Waals surface area (Å²) in [5, 5.41) is 0.423. The van der Waals surface area contributed by atoms with Gasteiger partial charge in [0.05, 0.1) is 6.04 Å². The van der Waals surface area contributed by atoms with Crippen molar-refractivity contribution >= 4 is 10.9 Å². The molecule has 3 heterocycles. The zero-order valence-electron chi connectivity index (χ0n) is 21.9. The van der Waals surface area contributed by atoms with Crippen LogP contribution in [0.2, 0.25) is 0 Å². The molecule has 1 fully saturated rings. The number of aromatic nitrogens is 1. The van der Waals surface area contributed by atoms with E-state index in [9.17, 15) is 8.78 Å². The van der Waals surface area contributed by atoms with Gasteiger partial charge in [0.25, 0.3) is 0 Å². The second kappa shape index (κ2) is 9.95. The Morgan fingerprint density at radius 2 is 1.78 bits per heavy atom. The second-order valence-corrected chi connectivity index (χ2v) is 11.2. The largest absolute Gasteiger partial charge is 0.488 e. The Labute approximate surface area is 215 Å². The Kier molecular flexibility index (Phi) is 7.00. The molecule has 0 aliphatic carbocycles. The quantitative estimate of drug-likeness (QED) is 0.345. The maximum absolute atomic E-state index is 15.7. The van der Waals surface area contributed by atoms with Gasteiger partial charge in [-0.3, -0.25) is 9.80 Å². The number of alkyl halides is 1. The van der Waals surface area contributed by atoms with Crippen molar-refractivity contribution < 1.29 is 22.3 Å². The van der Waals surface area contributed by atoms with Crippen molar-refractivity contribution in [3.63, 3.8) is 0 Å².